The molecule has 1 aromatic carbocycles. The summed E-state index contributed by atoms with van der Waals surface area (Å²) in [5, 5.41) is 5.30. The van der Waals surface area contributed by atoms with Crippen molar-refractivity contribution in [1.82, 2.24) is 15.5 Å². The second kappa shape index (κ2) is 13.4. The first kappa shape index (κ1) is 29.5. The number of carbonyl (C=O) groups excluding carboxylic acids is 4. The highest BCUT2D eigenvalue weighted by Crippen LogP contribution is 2.25. The molecular weight excluding hydrogens is 450 g/mol. The van der Waals surface area contributed by atoms with Crippen LogP contribution in [0.4, 0.5) is 4.79 Å². The molecule has 0 aliphatic carbocycles. The molecule has 0 saturated heterocycles. The zero-order valence-electron chi connectivity index (χ0n) is 21.6. The molecule has 0 saturated carbocycles. The van der Waals surface area contributed by atoms with Gasteiger partial charge in [-0.2, -0.15) is 0 Å². The van der Waals surface area contributed by atoms with Gasteiger partial charge in [-0.3, -0.25) is 14.4 Å². The summed E-state index contributed by atoms with van der Waals surface area (Å²) in [5.41, 5.74) is 0.145. The molecule has 9 heteroatoms. The maximum absolute atomic E-state index is 13.5. The minimum atomic E-state index is -1.10. The van der Waals surface area contributed by atoms with Crippen LogP contribution in [-0.2, 0) is 23.9 Å². The van der Waals surface area contributed by atoms with Gasteiger partial charge in [-0.05, 0) is 45.2 Å². The van der Waals surface area contributed by atoms with Crippen LogP contribution in [0.15, 0.2) is 24.3 Å². The average Bonchev–Trinajstić information content (AvgIpc) is 2.76. The van der Waals surface area contributed by atoms with Crippen LogP contribution in [0.5, 0.6) is 0 Å². The highest BCUT2D eigenvalue weighted by molar-refractivity contribution is 5.92. The van der Waals surface area contributed by atoms with Crippen molar-refractivity contribution >= 4 is 23.9 Å². The zero-order valence-corrected chi connectivity index (χ0v) is 21.6. The van der Waals surface area contributed by atoms with E-state index in [0.29, 0.717) is 11.1 Å². The van der Waals surface area contributed by atoms with Gasteiger partial charge in [0, 0.05) is 19.2 Å². The number of ether oxygens (including phenoxy) is 2. The molecular formula is C26H37N3O6. The lowest BCUT2D eigenvalue weighted by Gasteiger charge is -2.33. The molecule has 3 amide bonds. The number of benzene rings is 1. The number of carbonyl (C=O) groups is 4. The summed E-state index contributed by atoms with van der Waals surface area (Å²) in [6, 6.07) is 4.73. The predicted molar refractivity (Wildman–Crippen MR) is 132 cm³/mol. The van der Waals surface area contributed by atoms with Crippen LogP contribution in [0.1, 0.15) is 65.1 Å². The van der Waals surface area contributed by atoms with Crippen LogP contribution in [0.25, 0.3) is 0 Å². The molecule has 0 heterocycles. The van der Waals surface area contributed by atoms with Gasteiger partial charge in [-0.25, -0.2) is 4.79 Å². The standard InChI is InChI=1S/C26H37N3O6/c1-9-18-13-11-12-14-19(18)22(23(31)27-16-15-20(30)34-10-2)29(8)24(32)21(17(3)4)28-25(33)35-26(5,6)7/h1,11-14,17,21-22H,10,15-16H2,2-8H3,(H,27,31)(H,28,33). The predicted octanol–water partition coefficient (Wildman–Crippen LogP) is 2.79. The number of terminal acetylenes is 1. The van der Waals surface area contributed by atoms with Crippen molar-refractivity contribution in [3.63, 3.8) is 0 Å². The summed E-state index contributed by atoms with van der Waals surface area (Å²) >= 11 is 0. The molecule has 0 aromatic heterocycles. The highest BCUT2D eigenvalue weighted by atomic mass is 16.6. The fraction of sp³-hybridized carbons (Fsp3) is 0.538. The molecule has 0 radical (unpaired) electrons. The maximum Gasteiger partial charge on any atom is 0.408 e. The molecule has 2 atom stereocenters. The number of esters is 1. The minimum absolute atomic E-state index is 0.0183. The fourth-order valence-corrected chi connectivity index (χ4v) is 3.30. The van der Waals surface area contributed by atoms with Gasteiger partial charge in [-0.1, -0.05) is 38.0 Å². The van der Waals surface area contributed by atoms with Gasteiger partial charge >= 0.3 is 12.1 Å². The summed E-state index contributed by atoms with van der Waals surface area (Å²) in [6.45, 7) is 10.7. The van der Waals surface area contributed by atoms with E-state index in [2.05, 4.69) is 16.6 Å². The summed E-state index contributed by atoms with van der Waals surface area (Å²) < 4.78 is 10.2. The van der Waals surface area contributed by atoms with Crippen LogP contribution in [0, 0.1) is 18.3 Å². The monoisotopic (exact) mass is 487 g/mol. The van der Waals surface area contributed by atoms with Gasteiger partial charge in [0.1, 0.15) is 17.7 Å². The molecule has 0 aliphatic heterocycles. The second-order valence-electron chi connectivity index (χ2n) is 9.30. The first-order valence-electron chi connectivity index (χ1n) is 11.6. The van der Waals surface area contributed by atoms with Gasteiger partial charge in [0.2, 0.25) is 11.8 Å². The summed E-state index contributed by atoms with van der Waals surface area (Å²) in [5.74, 6) is 0.783. The van der Waals surface area contributed by atoms with E-state index in [4.69, 9.17) is 15.9 Å². The van der Waals surface area contributed by atoms with E-state index in [1.807, 2.05) is 0 Å². The maximum atomic E-state index is 13.5. The lowest BCUT2D eigenvalue weighted by Crippen LogP contribution is -2.53. The van der Waals surface area contributed by atoms with Crippen molar-refractivity contribution in [2.45, 2.75) is 65.6 Å². The third kappa shape index (κ3) is 9.32. The highest BCUT2D eigenvalue weighted by Gasteiger charge is 2.36. The van der Waals surface area contributed by atoms with E-state index in [1.165, 1.54) is 11.9 Å². The molecule has 2 unspecified atom stereocenters. The number of likely N-dealkylation sites (N-methyl/N-ethyl adjacent to an activating group) is 1. The van der Waals surface area contributed by atoms with Crippen molar-refractivity contribution in [2.75, 3.05) is 20.2 Å². The lowest BCUT2D eigenvalue weighted by atomic mass is 9.96. The molecule has 35 heavy (non-hydrogen) atoms. The number of nitrogens with zero attached hydrogens (tertiary/aromatic N) is 1. The Bertz CT molecular complexity index is 945. The van der Waals surface area contributed by atoms with Crippen molar-refractivity contribution in [2.24, 2.45) is 5.92 Å². The number of hydrogen-bond acceptors (Lipinski definition) is 6. The number of alkyl carbamates (subject to hydrolysis) is 1. The quantitative estimate of drug-likeness (QED) is 0.388. The molecule has 0 spiro atoms. The van der Waals surface area contributed by atoms with Crippen molar-refractivity contribution in [3.05, 3.63) is 35.4 Å². The molecule has 192 valence electrons. The van der Waals surface area contributed by atoms with E-state index in [-0.39, 0.29) is 25.5 Å². The lowest BCUT2D eigenvalue weighted by molar-refractivity contribution is -0.144. The molecule has 9 nitrogen and oxygen atoms in total. The van der Waals surface area contributed by atoms with Gasteiger partial charge in [0.25, 0.3) is 0 Å². The van der Waals surface area contributed by atoms with Crippen LogP contribution in [0.3, 0.4) is 0 Å². The normalized spacial score (nSPS) is 12.7. The molecule has 0 aliphatic rings. The molecule has 2 N–H and O–H groups in total. The summed E-state index contributed by atoms with van der Waals surface area (Å²) in [6.07, 6.45) is 4.89. The van der Waals surface area contributed by atoms with Gasteiger partial charge in [0.15, 0.2) is 0 Å². The first-order valence-corrected chi connectivity index (χ1v) is 11.6. The Labute approximate surface area is 207 Å². The fourth-order valence-electron chi connectivity index (χ4n) is 3.30. The topological polar surface area (TPSA) is 114 Å². The zero-order chi connectivity index (χ0) is 26.8. The first-order chi connectivity index (χ1) is 16.3. The van der Waals surface area contributed by atoms with Crippen molar-refractivity contribution < 1.29 is 28.7 Å². The van der Waals surface area contributed by atoms with E-state index in [1.54, 1.807) is 65.8 Å². The van der Waals surface area contributed by atoms with Crippen LogP contribution in [-0.4, -0.2) is 60.6 Å². The number of rotatable bonds is 10. The largest absolute Gasteiger partial charge is 0.466 e. The van der Waals surface area contributed by atoms with Gasteiger partial charge < -0.3 is 25.0 Å². The SMILES string of the molecule is C#Cc1ccccc1C(C(=O)NCCC(=O)OCC)N(C)C(=O)C(NC(=O)OC(C)(C)C)C(C)C. The Morgan fingerprint density at radius 3 is 2.31 bits per heavy atom. The molecule has 0 bridgehead atoms. The summed E-state index contributed by atoms with van der Waals surface area (Å²) in [7, 11) is 1.47. The van der Waals surface area contributed by atoms with Crippen LogP contribution < -0.4 is 10.6 Å². The second-order valence-corrected chi connectivity index (χ2v) is 9.30. The third-order valence-electron chi connectivity index (χ3n) is 4.93. The number of hydrogen-bond donors (Lipinski definition) is 2. The van der Waals surface area contributed by atoms with E-state index in [9.17, 15) is 19.2 Å². The van der Waals surface area contributed by atoms with E-state index < -0.39 is 41.6 Å². The van der Waals surface area contributed by atoms with Crippen LogP contribution >= 0.6 is 0 Å². The Morgan fingerprint density at radius 1 is 1.14 bits per heavy atom. The van der Waals surface area contributed by atoms with Crippen LogP contribution in [0.2, 0.25) is 0 Å². The third-order valence-corrected chi connectivity index (χ3v) is 4.93. The average molecular weight is 488 g/mol. The minimum Gasteiger partial charge on any atom is -0.466 e. The Balaban J connectivity index is 3.24. The van der Waals surface area contributed by atoms with E-state index in [0.717, 1.165) is 0 Å². The Hall–Kier alpha value is -3.54. The van der Waals surface area contributed by atoms with Gasteiger partial charge in [-0.15, -0.1) is 6.42 Å². The van der Waals surface area contributed by atoms with E-state index >= 15 is 0 Å². The van der Waals surface area contributed by atoms with Crippen molar-refractivity contribution in [1.29, 1.82) is 0 Å². The molecule has 0 fully saturated rings. The smallest absolute Gasteiger partial charge is 0.408 e. The Morgan fingerprint density at radius 2 is 1.77 bits per heavy atom. The molecule has 1 rings (SSSR count). The number of nitrogens with one attached hydrogen (secondary N) is 2. The van der Waals surface area contributed by atoms with Crippen molar-refractivity contribution in [3.8, 4) is 12.3 Å². The Kier molecular flexibility index (Phi) is 11.3. The molecule has 1 aromatic rings. The number of amides is 3. The van der Waals surface area contributed by atoms with Gasteiger partial charge in [0.05, 0.1) is 13.0 Å². The summed E-state index contributed by atoms with van der Waals surface area (Å²) in [4.78, 5) is 52.1.